The van der Waals surface area contributed by atoms with Gasteiger partial charge in [0.2, 0.25) is 0 Å². The molecule has 1 N–H and O–H groups in total. The quantitative estimate of drug-likeness (QED) is 0.694. The van der Waals surface area contributed by atoms with E-state index in [2.05, 4.69) is 50.0 Å². The SMILES string of the molecule is CCCNC(CCC)Cc1ccn(C(CC)CC)n1. The number of aromatic nitrogens is 2. The summed E-state index contributed by atoms with van der Waals surface area (Å²) in [5.74, 6) is 0. The Labute approximate surface area is 118 Å². The van der Waals surface area contributed by atoms with Gasteiger partial charge >= 0.3 is 0 Å². The average molecular weight is 265 g/mol. The first kappa shape index (κ1) is 16.2. The molecule has 0 radical (unpaired) electrons. The number of hydrogen-bond acceptors (Lipinski definition) is 2. The minimum atomic E-state index is 0.557. The van der Waals surface area contributed by atoms with E-state index in [0.29, 0.717) is 12.1 Å². The van der Waals surface area contributed by atoms with Crippen LogP contribution < -0.4 is 5.32 Å². The summed E-state index contributed by atoms with van der Waals surface area (Å²) in [4.78, 5) is 0. The molecule has 0 aliphatic rings. The number of hydrogen-bond donors (Lipinski definition) is 1. The van der Waals surface area contributed by atoms with Gasteiger partial charge in [-0.15, -0.1) is 0 Å². The van der Waals surface area contributed by atoms with Crippen molar-refractivity contribution in [2.75, 3.05) is 6.54 Å². The molecule has 1 aromatic rings. The van der Waals surface area contributed by atoms with E-state index in [9.17, 15) is 0 Å². The minimum Gasteiger partial charge on any atom is -0.314 e. The van der Waals surface area contributed by atoms with Crippen LogP contribution in [0.1, 0.15) is 71.5 Å². The first-order valence-corrected chi connectivity index (χ1v) is 8.02. The Balaban J connectivity index is 2.58. The third-order valence-electron chi connectivity index (χ3n) is 3.76. The summed E-state index contributed by atoms with van der Waals surface area (Å²) in [6, 6.07) is 3.33. The van der Waals surface area contributed by atoms with E-state index in [4.69, 9.17) is 5.10 Å². The van der Waals surface area contributed by atoms with Crippen LogP contribution in [0.5, 0.6) is 0 Å². The van der Waals surface area contributed by atoms with Gasteiger partial charge in [0.25, 0.3) is 0 Å². The lowest BCUT2D eigenvalue weighted by atomic mass is 10.1. The first-order valence-electron chi connectivity index (χ1n) is 8.02. The molecule has 1 aromatic heterocycles. The second kappa shape index (κ2) is 9.13. The Morgan fingerprint density at radius 3 is 2.47 bits per heavy atom. The Bertz CT molecular complexity index is 328. The predicted molar refractivity (Wildman–Crippen MR) is 82.5 cm³/mol. The zero-order chi connectivity index (χ0) is 14.1. The molecule has 0 bridgehead atoms. The van der Waals surface area contributed by atoms with Gasteiger partial charge in [0.15, 0.2) is 0 Å². The van der Waals surface area contributed by atoms with Crippen LogP contribution in [-0.2, 0) is 6.42 Å². The molecule has 1 rings (SSSR count). The highest BCUT2D eigenvalue weighted by atomic mass is 15.3. The van der Waals surface area contributed by atoms with Crippen molar-refractivity contribution in [2.24, 2.45) is 0 Å². The zero-order valence-electron chi connectivity index (χ0n) is 13.2. The lowest BCUT2D eigenvalue weighted by molar-refractivity contribution is 0.418. The predicted octanol–water partition coefficient (Wildman–Crippen LogP) is 3.96. The van der Waals surface area contributed by atoms with Crippen LogP contribution in [0.15, 0.2) is 12.3 Å². The van der Waals surface area contributed by atoms with E-state index in [1.54, 1.807) is 0 Å². The van der Waals surface area contributed by atoms with E-state index >= 15 is 0 Å². The maximum absolute atomic E-state index is 4.76. The smallest absolute Gasteiger partial charge is 0.0640 e. The molecular formula is C16H31N3. The monoisotopic (exact) mass is 265 g/mol. The van der Waals surface area contributed by atoms with Crippen LogP contribution in [0, 0.1) is 0 Å². The van der Waals surface area contributed by atoms with Crippen molar-refractivity contribution >= 4 is 0 Å². The zero-order valence-corrected chi connectivity index (χ0v) is 13.2. The van der Waals surface area contributed by atoms with Crippen molar-refractivity contribution in [3.05, 3.63) is 18.0 Å². The highest BCUT2D eigenvalue weighted by Crippen LogP contribution is 2.15. The third kappa shape index (κ3) is 5.35. The van der Waals surface area contributed by atoms with Crippen molar-refractivity contribution in [3.63, 3.8) is 0 Å². The Kier molecular flexibility index (Phi) is 7.80. The van der Waals surface area contributed by atoms with Crippen molar-refractivity contribution in [3.8, 4) is 0 Å². The third-order valence-corrected chi connectivity index (χ3v) is 3.76. The summed E-state index contributed by atoms with van der Waals surface area (Å²) in [6.45, 7) is 10.1. The van der Waals surface area contributed by atoms with Gasteiger partial charge in [-0.05, 0) is 38.3 Å². The number of nitrogens with zero attached hydrogens (tertiary/aromatic N) is 2. The van der Waals surface area contributed by atoms with Crippen LogP contribution in [0.4, 0.5) is 0 Å². The van der Waals surface area contributed by atoms with E-state index in [1.165, 1.54) is 25.0 Å². The lowest BCUT2D eigenvalue weighted by Gasteiger charge is -2.17. The molecule has 110 valence electrons. The molecule has 1 heterocycles. The largest absolute Gasteiger partial charge is 0.314 e. The highest BCUT2D eigenvalue weighted by Gasteiger charge is 2.12. The second-order valence-electron chi connectivity index (χ2n) is 5.40. The highest BCUT2D eigenvalue weighted by molar-refractivity contribution is 5.02. The Hall–Kier alpha value is -0.830. The Morgan fingerprint density at radius 2 is 1.89 bits per heavy atom. The lowest BCUT2D eigenvalue weighted by Crippen LogP contribution is -2.31. The van der Waals surface area contributed by atoms with Crippen LogP contribution in [0.2, 0.25) is 0 Å². The molecule has 0 amide bonds. The summed E-state index contributed by atoms with van der Waals surface area (Å²) in [7, 11) is 0. The van der Waals surface area contributed by atoms with Gasteiger partial charge < -0.3 is 5.32 Å². The maximum atomic E-state index is 4.76. The van der Waals surface area contributed by atoms with Crippen LogP contribution >= 0.6 is 0 Å². The molecule has 3 nitrogen and oxygen atoms in total. The van der Waals surface area contributed by atoms with Crippen molar-refractivity contribution in [2.45, 2.75) is 78.3 Å². The average Bonchev–Trinajstić information content (AvgIpc) is 2.86. The summed E-state index contributed by atoms with van der Waals surface area (Å²) < 4.78 is 2.15. The minimum absolute atomic E-state index is 0.557. The number of rotatable bonds is 10. The molecule has 0 spiro atoms. The van der Waals surface area contributed by atoms with E-state index in [1.807, 2.05) is 0 Å². The molecule has 19 heavy (non-hydrogen) atoms. The van der Waals surface area contributed by atoms with Crippen LogP contribution in [0.25, 0.3) is 0 Å². The molecule has 0 aromatic carbocycles. The molecule has 0 fully saturated rings. The van der Waals surface area contributed by atoms with Crippen molar-refractivity contribution in [1.29, 1.82) is 0 Å². The maximum Gasteiger partial charge on any atom is 0.0640 e. The Morgan fingerprint density at radius 1 is 1.16 bits per heavy atom. The fourth-order valence-corrected chi connectivity index (χ4v) is 2.58. The van der Waals surface area contributed by atoms with Gasteiger partial charge in [0.05, 0.1) is 11.7 Å². The van der Waals surface area contributed by atoms with E-state index in [0.717, 1.165) is 25.8 Å². The topological polar surface area (TPSA) is 29.9 Å². The van der Waals surface area contributed by atoms with Gasteiger partial charge in [0, 0.05) is 18.7 Å². The van der Waals surface area contributed by atoms with Gasteiger partial charge in [0.1, 0.15) is 0 Å². The fraction of sp³-hybridized carbons (Fsp3) is 0.812. The molecular weight excluding hydrogens is 234 g/mol. The summed E-state index contributed by atoms with van der Waals surface area (Å²) >= 11 is 0. The summed E-state index contributed by atoms with van der Waals surface area (Å²) in [6.07, 6.45) is 9.18. The molecule has 1 unspecified atom stereocenters. The van der Waals surface area contributed by atoms with Gasteiger partial charge in [-0.2, -0.15) is 5.10 Å². The second-order valence-corrected chi connectivity index (χ2v) is 5.40. The molecule has 1 atom stereocenters. The molecule has 0 aliphatic heterocycles. The normalized spacial score (nSPS) is 13.1. The molecule has 0 saturated carbocycles. The number of nitrogens with one attached hydrogen (secondary N) is 1. The fourth-order valence-electron chi connectivity index (χ4n) is 2.58. The van der Waals surface area contributed by atoms with Crippen LogP contribution in [-0.4, -0.2) is 22.4 Å². The summed E-state index contributed by atoms with van der Waals surface area (Å²) in [5, 5.41) is 8.40. The van der Waals surface area contributed by atoms with Crippen molar-refractivity contribution < 1.29 is 0 Å². The van der Waals surface area contributed by atoms with E-state index < -0.39 is 0 Å². The first-order chi connectivity index (χ1) is 9.24. The summed E-state index contributed by atoms with van der Waals surface area (Å²) in [5.41, 5.74) is 1.23. The van der Waals surface area contributed by atoms with Crippen LogP contribution in [0.3, 0.4) is 0 Å². The van der Waals surface area contributed by atoms with Gasteiger partial charge in [-0.25, -0.2) is 0 Å². The standard InChI is InChI=1S/C16H31N3/c1-5-9-14(17-11-6-2)13-15-10-12-19(18-15)16(7-3)8-4/h10,12,14,16-17H,5-9,11,13H2,1-4H3. The molecule has 0 aliphatic carbocycles. The van der Waals surface area contributed by atoms with Gasteiger partial charge in [-0.3, -0.25) is 4.68 Å². The van der Waals surface area contributed by atoms with Crippen molar-refractivity contribution in [1.82, 2.24) is 15.1 Å². The molecule has 0 saturated heterocycles. The molecule has 3 heteroatoms. The van der Waals surface area contributed by atoms with E-state index in [-0.39, 0.29) is 0 Å². The van der Waals surface area contributed by atoms with Gasteiger partial charge in [-0.1, -0.05) is 34.1 Å².